The van der Waals surface area contributed by atoms with Crippen LogP contribution < -0.4 is 5.32 Å². The summed E-state index contributed by atoms with van der Waals surface area (Å²) in [6.07, 6.45) is 0. The number of benzene rings is 1. The lowest BCUT2D eigenvalue weighted by Crippen LogP contribution is -2.92. The molecule has 6 heteroatoms. The number of nitrogens with two attached hydrogens (primary N) is 1. The van der Waals surface area contributed by atoms with Gasteiger partial charge in [-0.2, -0.15) is 0 Å². The van der Waals surface area contributed by atoms with Crippen molar-refractivity contribution in [1.29, 1.82) is 0 Å². The van der Waals surface area contributed by atoms with Gasteiger partial charge in [0.15, 0.2) is 0 Å². The van der Waals surface area contributed by atoms with E-state index in [-0.39, 0.29) is 17.9 Å². The highest BCUT2D eigenvalue weighted by Crippen LogP contribution is 2.24. The van der Waals surface area contributed by atoms with E-state index in [2.05, 4.69) is 52.9 Å². The standard InChI is InChI=1S/C23H26N2O3S/c1-13-8-10-17(11-9-13)21(18-7-6-12-29-18)25-16(4)22(26)20-14(2)19(15(3)24-20)23(27)28-5/h6-12,16,21,24-25H,1-5H3/p+1/t16-,21-/m0/s1. The molecule has 0 aliphatic heterocycles. The van der Waals surface area contributed by atoms with Crippen LogP contribution in [0, 0.1) is 20.8 Å². The largest absolute Gasteiger partial charge is 0.465 e. The molecule has 0 aliphatic carbocycles. The van der Waals surface area contributed by atoms with E-state index in [9.17, 15) is 9.59 Å². The number of ether oxygens (including phenoxy) is 1. The van der Waals surface area contributed by atoms with E-state index in [1.165, 1.54) is 17.6 Å². The molecule has 3 aromatic rings. The Hall–Kier alpha value is -2.70. The van der Waals surface area contributed by atoms with Crippen LogP contribution in [0.5, 0.6) is 0 Å². The van der Waals surface area contributed by atoms with Gasteiger partial charge in [0.1, 0.15) is 12.1 Å². The van der Waals surface area contributed by atoms with Crippen molar-refractivity contribution in [3.05, 3.63) is 80.3 Å². The Balaban J connectivity index is 1.89. The highest BCUT2D eigenvalue weighted by molar-refractivity contribution is 7.10. The molecule has 152 valence electrons. The summed E-state index contributed by atoms with van der Waals surface area (Å²) in [6, 6.07) is 12.3. The summed E-state index contributed by atoms with van der Waals surface area (Å²) >= 11 is 1.68. The number of H-pyrrole nitrogens is 1. The molecule has 0 saturated heterocycles. The number of aromatic nitrogens is 1. The first-order valence-corrected chi connectivity index (χ1v) is 10.5. The van der Waals surface area contributed by atoms with E-state index in [1.807, 2.05) is 13.0 Å². The number of hydrogen-bond donors (Lipinski definition) is 2. The van der Waals surface area contributed by atoms with E-state index in [1.54, 1.807) is 25.2 Å². The highest BCUT2D eigenvalue weighted by Gasteiger charge is 2.30. The molecule has 2 aromatic heterocycles. The fraction of sp³-hybridized carbons (Fsp3) is 0.304. The van der Waals surface area contributed by atoms with Crippen molar-refractivity contribution in [2.45, 2.75) is 39.8 Å². The fourth-order valence-corrected chi connectivity index (χ4v) is 4.45. The Morgan fingerprint density at radius 2 is 1.79 bits per heavy atom. The highest BCUT2D eigenvalue weighted by atomic mass is 32.1. The molecular formula is C23H27N2O3S+. The zero-order valence-electron chi connectivity index (χ0n) is 17.4. The Labute approximate surface area is 175 Å². The second kappa shape index (κ2) is 8.76. The minimum atomic E-state index is -0.428. The van der Waals surface area contributed by atoms with Crippen molar-refractivity contribution >= 4 is 23.1 Å². The molecule has 2 atom stereocenters. The van der Waals surface area contributed by atoms with Gasteiger partial charge in [0.2, 0.25) is 5.78 Å². The normalized spacial score (nSPS) is 13.1. The molecule has 0 saturated carbocycles. The number of ketones is 1. The van der Waals surface area contributed by atoms with Crippen LogP contribution in [0.1, 0.15) is 61.1 Å². The molecule has 0 unspecified atom stereocenters. The minimum Gasteiger partial charge on any atom is -0.465 e. The molecule has 5 nitrogen and oxygen atoms in total. The molecule has 0 fully saturated rings. The van der Waals surface area contributed by atoms with Gasteiger partial charge in [-0.25, -0.2) is 4.79 Å². The summed E-state index contributed by atoms with van der Waals surface area (Å²) in [4.78, 5) is 29.6. The summed E-state index contributed by atoms with van der Waals surface area (Å²) in [7, 11) is 1.35. The number of rotatable bonds is 7. The lowest BCUT2D eigenvalue weighted by Gasteiger charge is -2.19. The van der Waals surface area contributed by atoms with Crippen molar-refractivity contribution in [1.82, 2.24) is 4.98 Å². The first-order chi connectivity index (χ1) is 13.8. The maximum Gasteiger partial charge on any atom is 0.339 e. The third kappa shape index (κ3) is 4.33. The van der Waals surface area contributed by atoms with Crippen LogP contribution in [0.4, 0.5) is 0 Å². The van der Waals surface area contributed by atoms with Gasteiger partial charge in [-0.05, 0) is 44.7 Å². The van der Waals surface area contributed by atoms with Crippen molar-refractivity contribution in [2.75, 3.05) is 7.11 Å². The van der Waals surface area contributed by atoms with Gasteiger partial charge < -0.3 is 15.0 Å². The van der Waals surface area contributed by atoms with Gasteiger partial charge in [0.25, 0.3) is 0 Å². The zero-order chi connectivity index (χ0) is 21.1. The molecule has 0 aliphatic rings. The number of carbonyl (C=O) groups excluding carboxylic acids is 2. The van der Waals surface area contributed by atoms with Crippen LogP contribution in [-0.4, -0.2) is 29.9 Å². The molecule has 0 bridgehead atoms. The fourth-order valence-electron chi connectivity index (χ4n) is 3.62. The number of quaternary nitrogens is 1. The van der Waals surface area contributed by atoms with Crippen LogP contribution in [0.25, 0.3) is 0 Å². The van der Waals surface area contributed by atoms with Crippen LogP contribution in [0.2, 0.25) is 0 Å². The molecule has 0 radical (unpaired) electrons. The number of methoxy groups -OCH3 is 1. The van der Waals surface area contributed by atoms with Gasteiger partial charge in [-0.1, -0.05) is 35.9 Å². The summed E-state index contributed by atoms with van der Waals surface area (Å²) in [5.41, 5.74) is 4.57. The number of nitrogens with one attached hydrogen (secondary N) is 1. The van der Waals surface area contributed by atoms with Gasteiger partial charge in [0.05, 0.1) is 23.2 Å². The molecular weight excluding hydrogens is 384 g/mol. The monoisotopic (exact) mass is 411 g/mol. The van der Waals surface area contributed by atoms with Crippen molar-refractivity contribution in [3.8, 4) is 0 Å². The Morgan fingerprint density at radius 1 is 1.10 bits per heavy atom. The van der Waals surface area contributed by atoms with E-state index in [4.69, 9.17) is 4.74 Å². The number of thiophene rings is 1. The maximum atomic E-state index is 13.2. The Kier molecular flexibility index (Phi) is 6.35. The molecule has 29 heavy (non-hydrogen) atoms. The number of carbonyl (C=O) groups is 2. The lowest BCUT2D eigenvalue weighted by molar-refractivity contribution is -0.703. The number of aromatic amines is 1. The molecule has 1 aromatic carbocycles. The topological polar surface area (TPSA) is 75.8 Å². The second-order valence-electron chi connectivity index (χ2n) is 7.37. The van der Waals surface area contributed by atoms with Crippen molar-refractivity contribution in [2.24, 2.45) is 0 Å². The average Bonchev–Trinajstić information content (AvgIpc) is 3.34. The van der Waals surface area contributed by atoms with E-state index in [0.29, 0.717) is 22.5 Å². The van der Waals surface area contributed by atoms with E-state index >= 15 is 0 Å². The average molecular weight is 412 g/mol. The van der Waals surface area contributed by atoms with E-state index in [0.717, 1.165) is 5.56 Å². The SMILES string of the molecule is COC(=O)c1c(C)[nH]c(C(=O)[C@H](C)[NH2+][C@@H](c2ccc(C)cc2)c2cccs2)c1C. The predicted molar refractivity (Wildman–Crippen MR) is 115 cm³/mol. The third-order valence-electron chi connectivity index (χ3n) is 5.25. The van der Waals surface area contributed by atoms with Crippen molar-refractivity contribution < 1.29 is 19.6 Å². The second-order valence-corrected chi connectivity index (χ2v) is 8.35. The first kappa shape index (κ1) is 21.0. The van der Waals surface area contributed by atoms with Gasteiger partial charge in [-0.3, -0.25) is 4.79 Å². The maximum absolute atomic E-state index is 13.2. The molecule has 3 rings (SSSR count). The number of hydrogen-bond acceptors (Lipinski definition) is 4. The van der Waals surface area contributed by atoms with Crippen LogP contribution in [-0.2, 0) is 4.74 Å². The van der Waals surface area contributed by atoms with Gasteiger partial charge >= 0.3 is 5.97 Å². The zero-order valence-corrected chi connectivity index (χ0v) is 18.2. The summed E-state index contributed by atoms with van der Waals surface area (Å²) in [6.45, 7) is 7.54. The molecule has 0 amide bonds. The smallest absolute Gasteiger partial charge is 0.339 e. The molecule has 0 spiro atoms. The Bertz CT molecular complexity index is 1000. The van der Waals surface area contributed by atoms with Crippen LogP contribution in [0.3, 0.4) is 0 Å². The summed E-state index contributed by atoms with van der Waals surface area (Å²) in [5.74, 6) is -0.461. The number of esters is 1. The minimum absolute atomic E-state index is 0.0329. The van der Waals surface area contributed by atoms with Crippen molar-refractivity contribution in [3.63, 3.8) is 0 Å². The number of aryl methyl sites for hydroxylation is 2. The van der Waals surface area contributed by atoms with Crippen LogP contribution in [0.15, 0.2) is 41.8 Å². The predicted octanol–water partition coefficient (Wildman–Crippen LogP) is 3.71. The molecule has 2 heterocycles. The van der Waals surface area contributed by atoms with E-state index < -0.39 is 5.97 Å². The van der Waals surface area contributed by atoms with Gasteiger partial charge in [0, 0.05) is 11.3 Å². The summed E-state index contributed by atoms with van der Waals surface area (Å²) in [5, 5.41) is 4.14. The Morgan fingerprint density at radius 3 is 2.38 bits per heavy atom. The number of Topliss-reactive ketones (excluding diaryl/α,β-unsaturated/α-hetero) is 1. The van der Waals surface area contributed by atoms with Gasteiger partial charge in [-0.15, -0.1) is 11.3 Å². The lowest BCUT2D eigenvalue weighted by atomic mass is 10.0. The quantitative estimate of drug-likeness (QED) is 0.460. The third-order valence-corrected chi connectivity index (χ3v) is 6.21. The summed E-state index contributed by atoms with van der Waals surface area (Å²) < 4.78 is 4.86. The molecule has 3 N–H and O–H groups in total. The van der Waals surface area contributed by atoms with Crippen LogP contribution >= 0.6 is 11.3 Å². The first-order valence-electron chi connectivity index (χ1n) is 9.60.